The fraction of sp³-hybridized carbons (Fsp3) is 0.348. The molecule has 5 rings (SSSR count). The van der Waals surface area contributed by atoms with Crippen molar-refractivity contribution in [2.75, 3.05) is 29.3 Å². The second-order valence-electron chi connectivity index (χ2n) is 8.37. The Morgan fingerprint density at radius 1 is 1.03 bits per heavy atom. The molecule has 156 valence electrons. The van der Waals surface area contributed by atoms with E-state index >= 15 is 0 Å². The number of anilines is 2. The first-order valence-electron chi connectivity index (χ1n) is 10.3. The Labute approximate surface area is 177 Å². The molecule has 0 spiro atoms. The Bertz CT molecular complexity index is 1230. The van der Waals surface area contributed by atoms with Gasteiger partial charge in [-0.2, -0.15) is 0 Å². The molecule has 0 unspecified atom stereocenters. The van der Waals surface area contributed by atoms with Crippen LogP contribution in [0, 0.1) is 13.8 Å². The van der Waals surface area contributed by atoms with Gasteiger partial charge in [-0.1, -0.05) is 12.1 Å². The van der Waals surface area contributed by atoms with Gasteiger partial charge in [0.15, 0.2) is 0 Å². The highest BCUT2D eigenvalue weighted by molar-refractivity contribution is 7.93. The second-order valence-corrected chi connectivity index (χ2v) is 10.2. The maximum atomic E-state index is 13.7. The number of aromatic nitrogens is 2. The highest BCUT2D eigenvalue weighted by Gasteiger charge is 2.33. The first-order chi connectivity index (χ1) is 14.4. The van der Waals surface area contributed by atoms with Crippen LogP contribution in [-0.2, 0) is 10.0 Å². The summed E-state index contributed by atoms with van der Waals surface area (Å²) in [7, 11) is -1.66. The molecule has 1 fully saturated rings. The first-order valence-corrected chi connectivity index (χ1v) is 11.8. The molecule has 7 heteroatoms. The molecule has 0 N–H and O–H groups in total. The van der Waals surface area contributed by atoms with Crippen molar-refractivity contribution in [1.82, 2.24) is 9.55 Å². The summed E-state index contributed by atoms with van der Waals surface area (Å²) in [5.41, 5.74) is 5.48. The molecule has 0 atom stereocenters. The Balaban J connectivity index is 1.53. The van der Waals surface area contributed by atoms with Crippen molar-refractivity contribution in [2.24, 2.45) is 0 Å². The second kappa shape index (κ2) is 6.87. The van der Waals surface area contributed by atoms with E-state index in [1.54, 1.807) is 10.4 Å². The molecular weight excluding hydrogens is 396 g/mol. The van der Waals surface area contributed by atoms with Crippen LogP contribution in [0.5, 0.6) is 0 Å². The number of aryl methyl sites for hydroxylation is 2. The number of benzene rings is 2. The number of hydrogen-bond donors (Lipinski definition) is 0. The van der Waals surface area contributed by atoms with E-state index in [1.165, 1.54) is 12.8 Å². The molecule has 1 aliphatic carbocycles. The third-order valence-electron chi connectivity index (χ3n) is 6.14. The predicted molar refractivity (Wildman–Crippen MR) is 119 cm³/mol. The number of imidazole rings is 1. The highest BCUT2D eigenvalue weighted by atomic mass is 32.2. The molecule has 1 saturated carbocycles. The summed E-state index contributed by atoms with van der Waals surface area (Å²) in [4.78, 5) is 6.97. The lowest BCUT2D eigenvalue weighted by Crippen LogP contribution is -2.43. The summed E-state index contributed by atoms with van der Waals surface area (Å²) >= 11 is 0. The van der Waals surface area contributed by atoms with E-state index in [4.69, 9.17) is 0 Å². The van der Waals surface area contributed by atoms with Gasteiger partial charge in [0.25, 0.3) is 10.0 Å². The van der Waals surface area contributed by atoms with E-state index in [2.05, 4.69) is 16.1 Å². The fourth-order valence-electron chi connectivity index (χ4n) is 4.26. The van der Waals surface area contributed by atoms with Crippen LogP contribution in [-0.4, -0.2) is 38.1 Å². The minimum absolute atomic E-state index is 0.354. The van der Waals surface area contributed by atoms with Crippen LogP contribution in [0.2, 0.25) is 0 Å². The van der Waals surface area contributed by atoms with Gasteiger partial charge >= 0.3 is 0 Å². The van der Waals surface area contributed by atoms with Gasteiger partial charge in [-0.05, 0) is 62.1 Å². The van der Waals surface area contributed by atoms with Crippen molar-refractivity contribution in [3.8, 4) is 5.69 Å². The summed E-state index contributed by atoms with van der Waals surface area (Å²) in [6.45, 7) is 4.92. The molecule has 2 aliphatic rings. The number of hydrogen-bond acceptors (Lipinski definition) is 4. The topological polar surface area (TPSA) is 58.4 Å². The van der Waals surface area contributed by atoms with Gasteiger partial charge < -0.3 is 9.47 Å². The van der Waals surface area contributed by atoms with Gasteiger partial charge in [-0.3, -0.25) is 4.31 Å². The summed E-state index contributed by atoms with van der Waals surface area (Å²) in [5, 5.41) is 0. The quantitative estimate of drug-likeness (QED) is 0.637. The van der Waals surface area contributed by atoms with Gasteiger partial charge in [-0.25, -0.2) is 13.4 Å². The van der Waals surface area contributed by atoms with Crippen LogP contribution >= 0.6 is 0 Å². The maximum absolute atomic E-state index is 13.7. The smallest absolute Gasteiger partial charge is 0.264 e. The zero-order valence-corrected chi connectivity index (χ0v) is 18.4. The average molecular weight is 423 g/mol. The molecule has 3 aromatic rings. The van der Waals surface area contributed by atoms with Crippen molar-refractivity contribution in [2.45, 2.75) is 37.5 Å². The van der Waals surface area contributed by atoms with Gasteiger partial charge in [0.05, 0.1) is 34.8 Å². The van der Waals surface area contributed by atoms with Crippen LogP contribution in [0.1, 0.15) is 35.6 Å². The SMILES string of the molecule is Cc1cc(-n2cnc(C3CC3)c2)ccc1S(=O)(=O)N1CCN(C)c2cccc(C)c21. The van der Waals surface area contributed by atoms with Gasteiger partial charge in [0, 0.05) is 31.4 Å². The van der Waals surface area contributed by atoms with E-state index in [-0.39, 0.29) is 0 Å². The van der Waals surface area contributed by atoms with Crippen LogP contribution in [0.25, 0.3) is 5.69 Å². The first kappa shape index (κ1) is 19.2. The fourth-order valence-corrected chi connectivity index (χ4v) is 6.00. The lowest BCUT2D eigenvalue weighted by atomic mass is 10.1. The zero-order chi connectivity index (χ0) is 21.0. The number of para-hydroxylation sites is 1. The number of rotatable bonds is 4. The normalized spacial score (nSPS) is 16.6. The third kappa shape index (κ3) is 3.08. The molecule has 0 amide bonds. The van der Waals surface area contributed by atoms with Crippen molar-refractivity contribution >= 4 is 21.4 Å². The van der Waals surface area contributed by atoms with E-state index in [9.17, 15) is 8.42 Å². The molecule has 30 heavy (non-hydrogen) atoms. The Morgan fingerprint density at radius 3 is 2.57 bits per heavy atom. The summed E-state index contributed by atoms with van der Waals surface area (Å²) in [6.07, 6.45) is 6.29. The van der Waals surface area contributed by atoms with Crippen LogP contribution < -0.4 is 9.21 Å². The molecule has 2 heterocycles. The van der Waals surface area contributed by atoms with Crippen LogP contribution in [0.3, 0.4) is 0 Å². The van der Waals surface area contributed by atoms with Crippen LogP contribution in [0.4, 0.5) is 11.4 Å². The standard InChI is InChI=1S/C23H26N4O2S/c1-16-5-4-6-21-23(16)27(12-11-25(21)3)30(28,29)22-10-9-19(13-17(22)2)26-14-20(24-15-26)18-7-8-18/h4-6,9-10,13-15,18H,7-8,11-12H2,1-3H3. The van der Waals surface area contributed by atoms with E-state index in [1.807, 2.05) is 62.1 Å². The molecular formula is C23H26N4O2S. The predicted octanol–water partition coefficient (Wildman–Crippen LogP) is 4.01. The molecule has 0 radical (unpaired) electrons. The summed E-state index contributed by atoms with van der Waals surface area (Å²) in [6, 6.07) is 11.4. The van der Waals surface area contributed by atoms with E-state index in [0.717, 1.165) is 33.9 Å². The number of likely N-dealkylation sites (N-methyl/N-ethyl adjacent to an activating group) is 1. The maximum Gasteiger partial charge on any atom is 0.264 e. The van der Waals surface area contributed by atoms with Gasteiger partial charge in [-0.15, -0.1) is 0 Å². The summed E-state index contributed by atoms with van der Waals surface area (Å²) in [5.74, 6) is 0.590. The van der Waals surface area contributed by atoms with E-state index in [0.29, 0.717) is 23.9 Å². The van der Waals surface area contributed by atoms with E-state index < -0.39 is 10.0 Å². The Morgan fingerprint density at radius 2 is 1.83 bits per heavy atom. The number of fused-ring (bicyclic) bond motifs is 1. The minimum Gasteiger partial charge on any atom is -0.371 e. The van der Waals surface area contributed by atoms with Gasteiger partial charge in [0.1, 0.15) is 0 Å². The number of sulfonamides is 1. The third-order valence-corrected chi connectivity index (χ3v) is 8.10. The largest absolute Gasteiger partial charge is 0.371 e. The molecule has 0 saturated heterocycles. The van der Waals surface area contributed by atoms with Crippen LogP contribution in [0.15, 0.2) is 53.8 Å². The summed E-state index contributed by atoms with van der Waals surface area (Å²) < 4.78 is 30.9. The highest BCUT2D eigenvalue weighted by Crippen LogP contribution is 2.40. The lowest BCUT2D eigenvalue weighted by Gasteiger charge is -2.37. The molecule has 1 aliphatic heterocycles. The van der Waals surface area contributed by atoms with Crippen molar-refractivity contribution < 1.29 is 8.42 Å². The average Bonchev–Trinajstić information content (AvgIpc) is 3.45. The van der Waals surface area contributed by atoms with Gasteiger partial charge in [0.2, 0.25) is 0 Å². The number of nitrogens with zero attached hydrogens (tertiary/aromatic N) is 4. The molecule has 6 nitrogen and oxygen atoms in total. The minimum atomic E-state index is -3.67. The molecule has 1 aromatic heterocycles. The van der Waals surface area contributed by atoms with Crippen molar-refractivity contribution in [1.29, 1.82) is 0 Å². The zero-order valence-electron chi connectivity index (χ0n) is 17.5. The van der Waals surface area contributed by atoms with Crippen molar-refractivity contribution in [3.63, 3.8) is 0 Å². The molecule has 2 aromatic carbocycles. The molecule has 0 bridgehead atoms. The Kier molecular flexibility index (Phi) is 4.39. The monoisotopic (exact) mass is 422 g/mol. The lowest BCUT2D eigenvalue weighted by molar-refractivity contribution is 0.588. The van der Waals surface area contributed by atoms with Crippen molar-refractivity contribution in [3.05, 3.63) is 65.7 Å². The Hall–Kier alpha value is -2.80.